The Morgan fingerprint density at radius 1 is 1.00 bits per heavy atom. The maximum absolute atomic E-state index is 14.0. The number of aryl methyl sites for hydroxylation is 1. The molecule has 1 N–H and O–H groups in total. The van der Waals surface area contributed by atoms with Gasteiger partial charge in [0.05, 0.1) is 17.7 Å². The Bertz CT molecular complexity index is 1450. The smallest absolute Gasteiger partial charge is 0.264 e. The second-order valence-corrected chi connectivity index (χ2v) is 12.9. The van der Waals surface area contributed by atoms with Gasteiger partial charge in [-0.3, -0.25) is 13.9 Å². The average Bonchev–Trinajstić information content (AvgIpc) is 2.89. The summed E-state index contributed by atoms with van der Waals surface area (Å²) < 4.78 is 34.1. The highest BCUT2D eigenvalue weighted by Gasteiger charge is 2.33. The van der Waals surface area contributed by atoms with Crippen LogP contribution in [0.5, 0.6) is 5.75 Å². The lowest BCUT2D eigenvalue weighted by Crippen LogP contribution is -2.54. The Morgan fingerprint density at radius 3 is 2.25 bits per heavy atom. The largest absolute Gasteiger partial charge is 0.497 e. The minimum atomic E-state index is -4.17. The van der Waals surface area contributed by atoms with Gasteiger partial charge in [-0.1, -0.05) is 35.9 Å². The fourth-order valence-corrected chi connectivity index (χ4v) is 5.60. The Balaban J connectivity index is 2.05. The first-order chi connectivity index (χ1) is 18.7. The molecule has 0 bridgehead atoms. The molecule has 3 aromatic carbocycles. The lowest BCUT2D eigenvalue weighted by atomic mass is 10.1. The molecule has 1 atom stereocenters. The van der Waals surface area contributed by atoms with E-state index in [1.807, 2.05) is 39.8 Å². The summed E-state index contributed by atoms with van der Waals surface area (Å²) in [5.41, 5.74) is 1.36. The molecular weight excluding hydrogens is 550 g/mol. The lowest BCUT2D eigenvalue weighted by molar-refractivity contribution is -0.140. The molecule has 0 saturated heterocycles. The molecule has 0 aliphatic carbocycles. The molecule has 10 heteroatoms. The normalized spacial score (nSPS) is 12.4. The van der Waals surface area contributed by atoms with Gasteiger partial charge in [0, 0.05) is 17.1 Å². The molecule has 0 aliphatic heterocycles. The third-order valence-electron chi connectivity index (χ3n) is 6.12. The predicted octanol–water partition coefficient (Wildman–Crippen LogP) is 5.18. The van der Waals surface area contributed by atoms with E-state index in [-0.39, 0.29) is 17.3 Å². The van der Waals surface area contributed by atoms with Crippen molar-refractivity contribution >= 4 is 39.1 Å². The van der Waals surface area contributed by atoms with Crippen molar-refractivity contribution in [2.45, 2.75) is 57.6 Å². The number of amides is 2. The molecule has 0 unspecified atom stereocenters. The minimum Gasteiger partial charge on any atom is -0.497 e. The number of rotatable bonds is 10. The van der Waals surface area contributed by atoms with Crippen LogP contribution in [-0.2, 0) is 26.2 Å². The first-order valence-electron chi connectivity index (χ1n) is 12.8. The van der Waals surface area contributed by atoms with Crippen LogP contribution in [0.4, 0.5) is 5.69 Å². The zero-order valence-electron chi connectivity index (χ0n) is 23.6. The highest BCUT2D eigenvalue weighted by atomic mass is 35.5. The standard InChI is InChI=1S/C30H36ClN3O5S/c1-21-9-7-11-25(17-21)34(40(37,38)27-15-13-24(31)14-16-27)20-28(35)33(22(2)29(36)32-30(3,4)5)19-23-10-8-12-26(18-23)39-6/h7-18,22H,19-20H2,1-6H3,(H,32,36)/t22-/m1/s1. The van der Waals surface area contributed by atoms with Crippen molar-refractivity contribution in [1.82, 2.24) is 10.2 Å². The molecular formula is C30H36ClN3O5S. The number of anilines is 1. The Kier molecular flexibility index (Phi) is 9.87. The van der Waals surface area contributed by atoms with E-state index in [1.54, 1.807) is 50.4 Å². The maximum Gasteiger partial charge on any atom is 0.264 e. The van der Waals surface area contributed by atoms with Gasteiger partial charge in [0.25, 0.3) is 10.0 Å². The van der Waals surface area contributed by atoms with Crippen molar-refractivity contribution in [2.24, 2.45) is 0 Å². The molecule has 3 aromatic rings. The zero-order chi connectivity index (χ0) is 29.7. The topological polar surface area (TPSA) is 96.0 Å². The molecule has 0 spiro atoms. The summed E-state index contributed by atoms with van der Waals surface area (Å²) >= 11 is 6.00. The van der Waals surface area contributed by atoms with Gasteiger partial charge in [0.2, 0.25) is 11.8 Å². The molecule has 8 nitrogen and oxygen atoms in total. The average molecular weight is 586 g/mol. The third-order valence-corrected chi connectivity index (χ3v) is 8.16. The van der Waals surface area contributed by atoms with Gasteiger partial charge in [-0.05, 0) is 94.3 Å². The van der Waals surface area contributed by atoms with Crippen LogP contribution in [0.3, 0.4) is 0 Å². The van der Waals surface area contributed by atoms with Gasteiger partial charge in [0.1, 0.15) is 18.3 Å². The zero-order valence-corrected chi connectivity index (χ0v) is 25.2. The van der Waals surface area contributed by atoms with Crippen molar-refractivity contribution in [2.75, 3.05) is 18.0 Å². The molecule has 3 rings (SSSR count). The number of nitrogens with one attached hydrogen (secondary N) is 1. The van der Waals surface area contributed by atoms with Crippen molar-refractivity contribution in [3.05, 3.63) is 88.9 Å². The van der Waals surface area contributed by atoms with E-state index >= 15 is 0 Å². The molecule has 0 aliphatic rings. The number of benzene rings is 3. The fraction of sp³-hybridized carbons (Fsp3) is 0.333. The quantitative estimate of drug-likeness (QED) is 0.353. The number of sulfonamides is 1. The van der Waals surface area contributed by atoms with Crippen molar-refractivity contribution in [3.63, 3.8) is 0 Å². The first kappa shape index (κ1) is 31.0. The Hall–Kier alpha value is -3.56. The summed E-state index contributed by atoms with van der Waals surface area (Å²) in [4.78, 5) is 28.6. The minimum absolute atomic E-state index is 0.0101. The SMILES string of the molecule is COc1cccc(CN(C(=O)CN(c2cccc(C)c2)S(=O)(=O)c2ccc(Cl)cc2)[C@H](C)C(=O)NC(C)(C)C)c1. The van der Waals surface area contributed by atoms with Crippen molar-refractivity contribution in [3.8, 4) is 5.75 Å². The number of ether oxygens (including phenoxy) is 1. The number of carbonyl (C=O) groups is 2. The second-order valence-electron chi connectivity index (χ2n) is 10.6. The van der Waals surface area contributed by atoms with E-state index in [9.17, 15) is 18.0 Å². The van der Waals surface area contributed by atoms with Gasteiger partial charge in [-0.2, -0.15) is 0 Å². The van der Waals surface area contributed by atoms with Crippen LogP contribution in [0.2, 0.25) is 5.02 Å². The molecule has 0 heterocycles. The second kappa shape index (κ2) is 12.7. The van der Waals surface area contributed by atoms with E-state index in [0.717, 1.165) is 15.4 Å². The van der Waals surface area contributed by atoms with Crippen LogP contribution < -0.4 is 14.4 Å². The number of carbonyl (C=O) groups excluding carboxylic acids is 2. The van der Waals surface area contributed by atoms with E-state index in [4.69, 9.17) is 16.3 Å². The van der Waals surface area contributed by atoms with Crippen LogP contribution in [0, 0.1) is 6.92 Å². The van der Waals surface area contributed by atoms with Gasteiger partial charge in [-0.25, -0.2) is 8.42 Å². The van der Waals surface area contributed by atoms with Crippen molar-refractivity contribution in [1.29, 1.82) is 0 Å². The number of hydrogen-bond donors (Lipinski definition) is 1. The van der Waals surface area contributed by atoms with Crippen molar-refractivity contribution < 1.29 is 22.7 Å². The van der Waals surface area contributed by atoms with Gasteiger partial charge in [0.15, 0.2) is 0 Å². The number of nitrogens with zero attached hydrogens (tertiary/aromatic N) is 2. The van der Waals surface area contributed by atoms with Gasteiger partial charge in [-0.15, -0.1) is 0 Å². The summed E-state index contributed by atoms with van der Waals surface area (Å²) in [6, 6.07) is 18.9. The van der Waals surface area contributed by atoms with Crippen LogP contribution in [0.1, 0.15) is 38.8 Å². The molecule has 0 saturated carbocycles. The Morgan fingerprint density at radius 2 is 1.65 bits per heavy atom. The first-order valence-corrected chi connectivity index (χ1v) is 14.6. The monoisotopic (exact) mass is 585 g/mol. The van der Waals surface area contributed by atoms with Gasteiger partial charge < -0.3 is 15.0 Å². The van der Waals surface area contributed by atoms with E-state index in [1.165, 1.54) is 29.2 Å². The molecule has 0 fully saturated rings. The lowest BCUT2D eigenvalue weighted by Gasteiger charge is -2.33. The van der Waals surface area contributed by atoms with Crippen LogP contribution >= 0.6 is 11.6 Å². The number of halogens is 1. The van der Waals surface area contributed by atoms with Gasteiger partial charge >= 0.3 is 0 Å². The highest BCUT2D eigenvalue weighted by Crippen LogP contribution is 2.26. The Labute approximate surface area is 241 Å². The van der Waals surface area contributed by atoms with Crippen LogP contribution in [0.25, 0.3) is 0 Å². The summed E-state index contributed by atoms with van der Waals surface area (Å²) in [6.07, 6.45) is 0. The van der Waals surface area contributed by atoms with Crippen LogP contribution in [0.15, 0.2) is 77.7 Å². The molecule has 0 radical (unpaired) electrons. The van der Waals surface area contributed by atoms with E-state index in [0.29, 0.717) is 16.5 Å². The summed E-state index contributed by atoms with van der Waals surface area (Å²) in [6.45, 7) is 8.57. The predicted molar refractivity (Wildman–Crippen MR) is 158 cm³/mol. The summed E-state index contributed by atoms with van der Waals surface area (Å²) in [5.74, 6) is -0.298. The molecule has 40 heavy (non-hydrogen) atoms. The van der Waals surface area contributed by atoms with E-state index < -0.39 is 34.1 Å². The maximum atomic E-state index is 14.0. The number of hydrogen-bond acceptors (Lipinski definition) is 5. The summed E-state index contributed by atoms with van der Waals surface area (Å²) in [7, 11) is -2.62. The van der Waals surface area contributed by atoms with E-state index in [2.05, 4.69) is 5.32 Å². The van der Waals surface area contributed by atoms with Crippen LogP contribution in [-0.4, -0.2) is 50.4 Å². The number of methoxy groups -OCH3 is 1. The molecule has 214 valence electrons. The highest BCUT2D eigenvalue weighted by molar-refractivity contribution is 7.92. The third kappa shape index (κ3) is 7.99. The fourth-order valence-electron chi connectivity index (χ4n) is 4.07. The summed E-state index contributed by atoms with van der Waals surface area (Å²) in [5, 5.41) is 3.30. The molecule has 2 amide bonds. The molecule has 0 aromatic heterocycles.